The van der Waals surface area contributed by atoms with Gasteiger partial charge in [0.05, 0.1) is 0 Å². The van der Waals surface area contributed by atoms with Gasteiger partial charge < -0.3 is 10.4 Å². The highest BCUT2D eigenvalue weighted by Gasteiger charge is 2.10. The highest BCUT2D eigenvalue weighted by Crippen LogP contribution is 2.18. The van der Waals surface area contributed by atoms with Crippen LogP contribution >= 0.6 is 0 Å². The summed E-state index contributed by atoms with van der Waals surface area (Å²) >= 11 is 0. The van der Waals surface area contributed by atoms with E-state index in [4.69, 9.17) is 6.42 Å². The second-order valence-corrected chi connectivity index (χ2v) is 4.00. The predicted octanol–water partition coefficient (Wildman–Crippen LogP) is 2.84. The van der Waals surface area contributed by atoms with Crippen molar-refractivity contribution in [3.05, 3.63) is 29.8 Å². The Bertz CT molecular complexity index is 367. The molecule has 0 heterocycles. The number of aromatic hydroxyl groups is 1. The molecule has 0 aliphatic heterocycles. The minimum absolute atomic E-state index is 0.199. The summed E-state index contributed by atoms with van der Waals surface area (Å²) in [6, 6.07) is 7.84. The lowest BCUT2D eigenvalue weighted by atomic mass is 10.1. The van der Waals surface area contributed by atoms with Gasteiger partial charge in [-0.25, -0.2) is 0 Å². The summed E-state index contributed by atoms with van der Waals surface area (Å²) in [4.78, 5) is 0. The number of nitrogens with one attached hydrogen (secondary N) is 1. The summed E-state index contributed by atoms with van der Waals surface area (Å²) in [7, 11) is 0. The first kappa shape index (κ1) is 12.6. The summed E-state index contributed by atoms with van der Waals surface area (Å²) in [6.45, 7) is 4.19. The van der Waals surface area contributed by atoms with Gasteiger partial charge in [0, 0.05) is 18.5 Å². The first-order chi connectivity index (χ1) is 7.67. The maximum absolute atomic E-state index is 9.40. The Morgan fingerprint density at radius 1 is 1.50 bits per heavy atom. The van der Waals surface area contributed by atoms with Crippen LogP contribution in [0.5, 0.6) is 5.75 Å². The molecule has 0 bridgehead atoms. The lowest BCUT2D eigenvalue weighted by molar-refractivity contribution is 0.443. The van der Waals surface area contributed by atoms with Crippen molar-refractivity contribution in [3.63, 3.8) is 0 Å². The van der Waals surface area contributed by atoms with Crippen LogP contribution in [0.15, 0.2) is 24.3 Å². The van der Waals surface area contributed by atoms with Gasteiger partial charge in [-0.2, -0.15) is 0 Å². The third kappa shape index (κ3) is 3.60. The van der Waals surface area contributed by atoms with Gasteiger partial charge in [-0.1, -0.05) is 19.1 Å². The fourth-order valence-electron chi connectivity index (χ4n) is 1.71. The van der Waals surface area contributed by atoms with E-state index in [0.717, 1.165) is 18.4 Å². The van der Waals surface area contributed by atoms with Gasteiger partial charge in [-0.15, -0.1) is 12.3 Å². The van der Waals surface area contributed by atoms with Crippen molar-refractivity contribution in [2.75, 3.05) is 0 Å². The molecule has 1 aromatic rings. The average molecular weight is 217 g/mol. The second kappa shape index (κ2) is 6.19. The Morgan fingerprint density at radius 3 is 2.81 bits per heavy atom. The summed E-state index contributed by atoms with van der Waals surface area (Å²) in [5.74, 6) is 2.98. The normalized spacial score (nSPS) is 14.1. The maximum Gasteiger partial charge on any atom is 0.115 e. The monoisotopic (exact) mass is 217 g/mol. The van der Waals surface area contributed by atoms with Crippen molar-refractivity contribution in [2.24, 2.45) is 0 Å². The van der Waals surface area contributed by atoms with Crippen molar-refractivity contribution in [3.8, 4) is 18.1 Å². The fraction of sp³-hybridized carbons (Fsp3) is 0.429. The molecule has 0 aliphatic rings. The molecule has 0 spiro atoms. The molecule has 1 rings (SSSR count). The smallest absolute Gasteiger partial charge is 0.115 e. The molecule has 16 heavy (non-hydrogen) atoms. The van der Waals surface area contributed by atoms with Gasteiger partial charge in [0.2, 0.25) is 0 Å². The summed E-state index contributed by atoms with van der Waals surface area (Å²) in [5, 5.41) is 12.9. The summed E-state index contributed by atoms with van der Waals surface area (Å²) < 4.78 is 0. The van der Waals surface area contributed by atoms with E-state index in [9.17, 15) is 5.11 Å². The van der Waals surface area contributed by atoms with E-state index in [1.54, 1.807) is 12.1 Å². The Hall–Kier alpha value is -1.46. The number of hydrogen-bond donors (Lipinski definition) is 2. The highest BCUT2D eigenvalue weighted by molar-refractivity contribution is 5.29. The third-order valence-electron chi connectivity index (χ3n) is 2.71. The molecule has 0 aromatic heterocycles. The molecular weight excluding hydrogens is 198 g/mol. The predicted molar refractivity (Wildman–Crippen MR) is 67.2 cm³/mol. The van der Waals surface area contributed by atoms with Crippen LogP contribution in [-0.4, -0.2) is 11.1 Å². The number of hydrogen-bond acceptors (Lipinski definition) is 2. The first-order valence-electron chi connectivity index (χ1n) is 5.65. The van der Waals surface area contributed by atoms with Gasteiger partial charge >= 0.3 is 0 Å². The van der Waals surface area contributed by atoms with E-state index in [1.807, 2.05) is 12.1 Å². The second-order valence-electron chi connectivity index (χ2n) is 4.00. The molecule has 0 saturated carbocycles. The summed E-state index contributed by atoms with van der Waals surface area (Å²) in [6.07, 6.45) is 7.06. The number of phenols is 1. The van der Waals surface area contributed by atoms with Crippen LogP contribution in [0.1, 0.15) is 38.3 Å². The molecule has 0 amide bonds. The van der Waals surface area contributed by atoms with Gasteiger partial charge in [0.1, 0.15) is 5.75 Å². The minimum Gasteiger partial charge on any atom is -0.508 e. The minimum atomic E-state index is 0.199. The standard InChI is InChI=1S/C14H19NO/c1-4-7-13(5-2)15-11(3)12-8-6-9-14(16)10-12/h1,6,8-11,13,15-16H,5,7H2,2-3H3. The van der Waals surface area contributed by atoms with Gasteiger partial charge in [-0.3, -0.25) is 0 Å². The number of terminal acetylenes is 1. The molecular formula is C14H19NO. The zero-order valence-electron chi connectivity index (χ0n) is 9.90. The molecule has 0 aliphatic carbocycles. The molecule has 0 radical (unpaired) electrons. The zero-order valence-corrected chi connectivity index (χ0v) is 9.90. The highest BCUT2D eigenvalue weighted by atomic mass is 16.3. The molecule has 86 valence electrons. The van der Waals surface area contributed by atoms with Crippen molar-refractivity contribution < 1.29 is 5.11 Å². The number of benzene rings is 1. The van der Waals surface area contributed by atoms with Gasteiger partial charge in [0.15, 0.2) is 0 Å². The van der Waals surface area contributed by atoms with Crippen molar-refractivity contribution in [1.29, 1.82) is 0 Å². The van der Waals surface area contributed by atoms with Gasteiger partial charge in [-0.05, 0) is 31.0 Å². The van der Waals surface area contributed by atoms with Crippen molar-refractivity contribution >= 4 is 0 Å². The molecule has 2 heteroatoms. The Kier molecular flexibility index (Phi) is 4.88. The van der Waals surface area contributed by atoms with Gasteiger partial charge in [0.25, 0.3) is 0 Å². The summed E-state index contributed by atoms with van der Waals surface area (Å²) in [5.41, 5.74) is 1.08. The van der Waals surface area contributed by atoms with Crippen LogP contribution in [0.4, 0.5) is 0 Å². The van der Waals surface area contributed by atoms with Crippen LogP contribution in [0.3, 0.4) is 0 Å². The molecule has 2 atom stereocenters. The van der Waals surface area contributed by atoms with E-state index in [-0.39, 0.29) is 6.04 Å². The average Bonchev–Trinajstić information content (AvgIpc) is 2.28. The largest absolute Gasteiger partial charge is 0.508 e. The Labute approximate surface area is 97.7 Å². The topological polar surface area (TPSA) is 32.3 Å². The molecule has 0 fully saturated rings. The SMILES string of the molecule is C#CCC(CC)NC(C)c1cccc(O)c1. The van der Waals surface area contributed by atoms with E-state index >= 15 is 0 Å². The Morgan fingerprint density at radius 2 is 2.25 bits per heavy atom. The van der Waals surface area contributed by atoms with Crippen molar-refractivity contribution in [2.45, 2.75) is 38.8 Å². The quantitative estimate of drug-likeness (QED) is 0.743. The van der Waals surface area contributed by atoms with Crippen LogP contribution in [0.25, 0.3) is 0 Å². The number of phenolic OH excluding ortho intramolecular Hbond substituents is 1. The lowest BCUT2D eigenvalue weighted by Crippen LogP contribution is -2.30. The Balaban J connectivity index is 2.64. The lowest BCUT2D eigenvalue weighted by Gasteiger charge is -2.21. The molecule has 2 N–H and O–H groups in total. The van der Waals surface area contributed by atoms with Crippen LogP contribution < -0.4 is 5.32 Å². The van der Waals surface area contributed by atoms with E-state index < -0.39 is 0 Å². The number of rotatable bonds is 5. The first-order valence-corrected chi connectivity index (χ1v) is 5.65. The molecule has 1 aromatic carbocycles. The fourth-order valence-corrected chi connectivity index (χ4v) is 1.71. The van der Waals surface area contributed by atoms with Crippen LogP contribution in [0, 0.1) is 12.3 Å². The van der Waals surface area contributed by atoms with E-state index in [2.05, 4.69) is 25.1 Å². The zero-order chi connectivity index (χ0) is 12.0. The molecule has 0 saturated heterocycles. The van der Waals surface area contributed by atoms with Crippen LogP contribution in [0.2, 0.25) is 0 Å². The van der Waals surface area contributed by atoms with E-state index in [0.29, 0.717) is 11.8 Å². The van der Waals surface area contributed by atoms with E-state index in [1.165, 1.54) is 0 Å². The molecule has 2 unspecified atom stereocenters. The van der Waals surface area contributed by atoms with Crippen LogP contribution in [-0.2, 0) is 0 Å². The molecule has 2 nitrogen and oxygen atoms in total. The third-order valence-corrected chi connectivity index (χ3v) is 2.71. The maximum atomic E-state index is 9.40. The van der Waals surface area contributed by atoms with Crippen molar-refractivity contribution in [1.82, 2.24) is 5.32 Å².